The number of methoxy groups -OCH3 is 2. The van der Waals surface area contributed by atoms with Gasteiger partial charge in [-0.1, -0.05) is 12.8 Å². The van der Waals surface area contributed by atoms with Crippen LogP contribution >= 0.6 is 0 Å². The zero-order valence-electron chi connectivity index (χ0n) is 12.7. The largest absolute Gasteiger partial charge is 0.497 e. The van der Waals surface area contributed by atoms with E-state index in [9.17, 15) is 4.79 Å². The number of benzene rings is 1. The second-order valence-corrected chi connectivity index (χ2v) is 5.46. The molecule has 0 bridgehead atoms. The third-order valence-corrected chi connectivity index (χ3v) is 3.98. The van der Waals surface area contributed by atoms with Crippen LogP contribution in [0.4, 0.5) is 0 Å². The Morgan fingerprint density at radius 3 is 2.24 bits per heavy atom. The summed E-state index contributed by atoms with van der Waals surface area (Å²) >= 11 is 0. The Bertz CT molecular complexity index is 461. The van der Waals surface area contributed by atoms with Crippen molar-refractivity contribution in [2.75, 3.05) is 20.8 Å². The summed E-state index contributed by atoms with van der Waals surface area (Å²) < 4.78 is 10.5. The molecule has 5 heteroatoms. The van der Waals surface area contributed by atoms with Crippen molar-refractivity contribution in [2.45, 2.75) is 38.3 Å². The van der Waals surface area contributed by atoms with Gasteiger partial charge < -0.3 is 14.6 Å². The van der Waals surface area contributed by atoms with Gasteiger partial charge in [-0.25, -0.2) is 0 Å². The summed E-state index contributed by atoms with van der Waals surface area (Å²) in [5, 5.41) is 9.13. The van der Waals surface area contributed by atoms with Crippen LogP contribution in [0, 0.1) is 0 Å². The van der Waals surface area contributed by atoms with E-state index in [4.69, 9.17) is 14.6 Å². The van der Waals surface area contributed by atoms with Gasteiger partial charge in [-0.15, -0.1) is 0 Å². The minimum absolute atomic E-state index is 0.0736. The summed E-state index contributed by atoms with van der Waals surface area (Å²) in [4.78, 5) is 13.2. The third kappa shape index (κ3) is 4.36. The number of ether oxygens (including phenoxy) is 2. The molecule has 1 aliphatic carbocycles. The molecule has 0 aromatic heterocycles. The maximum atomic E-state index is 11.1. The quantitative estimate of drug-likeness (QED) is 0.837. The van der Waals surface area contributed by atoms with Crippen molar-refractivity contribution in [2.24, 2.45) is 0 Å². The topological polar surface area (TPSA) is 59.0 Å². The van der Waals surface area contributed by atoms with Crippen LogP contribution < -0.4 is 9.47 Å². The standard InChI is InChI=1S/C16H23NO4/c1-20-14-7-12(8-15(9-14)21-2)10-17(11-16(18)19)13-5-3-4-6-13/h7-9,13H,3-6,10-11H2,1-2H3,(H,18,19). The Balaban J connectivity index is 2.16. The Kier molecular flexibility index (Phi) is 5.44. The second-order valence-electron chi connectivity index (χ2n) is 5.46. The molecule has 0 amide bonds. The number of rotatable bonds is 7. The fourth-order valence-electron chi connectivity index (χ4n) is 2.95. The van der Waals surface area contributed by atoms with Crippen LogP contribution in [0.2, 0.25) is 0 Å². The summed E-state index contributed by atoms with van der Waals surface area (Å²) in [5.41, 5.74) is 1.01. The Morgan fingerprint density at radius 2 is 1.76 bits per heavy atom. The van der Waals surface area contributed by atoms with Crippen molar-refractivity contribution in [1.82, 2.24) is 4.90 Å². The molecule has 21 heavy (non-hydrogen) atoms. The van der Waals surface area contributed by atoms with Gasteiger partial charge in [0.1, 0.15) is 11.5 Å². The lowest BCUT2D eigenvalue weighted by molar-refractivity contribution is -0.139. The zero-order valence-corrected chi connectivity index (χ0v) is 12.7. The van der Waals surface area contributed by atoms with E-state index >= 15 is 0 Å². The predicted octanol–water partition coefficient (Wildman–Crippen LogP) is 2.53. The first-order valence-corrected chi connectivity index (χ1v) is 7.30. The van der Waals surface area contributed by atoms with Crippen LogP contribution in [0.15, 0.2) is 18.2 Å². The number of hydrogen-bond acceptors (Lipinski definition) is 4. The molecule has 0 heterocycles. The Morgan fingerprint density at radius 1 is 1.19 bits per heavy atom. The van der Waals surface area contributed by atoms with Crippen molar-refractivity contribution >= 4 is 5.97 Å². The van der Waals surface area contributed by atoms with Gasteiger partial charge in [-0.3, -0.25) is 9.69 Å². The fourth-order valence-corrected chi connectivity index (χ4v) is 2.95. The fraction of sp³-hybridized carbons (Fsp3) is 0.562. The van der Waals surface area contributed by atoms with Crippen molar-refractivity contribution < 1.29 is 19.4 Å². The molecule has 0 saturated heterocycles. The van der Waals surface area contributed by atoms with Crippen LogP contribution in [-0.2, 0) is 11.3 Å². The second kappa shape index (κ2) is 7.31. The summed E-state index contributed by atoms with van der Waals surface area (Å²) in [6.45, 7) is 0.675. The molecule has 2 rings (SSSR count). The third-order valence-electron chi connectivity index (χ3n) is 3.98. The molecule has 1 aromatic rings. The van der Waals surface area contributed by atoms with E-state index in [-0.39, 0.29) is 6.54 Å². The van der Waals surface area contributed by atoms with Gasteiger partial charge in [0.15, 0.2) is 0 Å². The molecule has 0 spiro atoms. The maximum Gasteiger partial charge on any atom is 0.317 e. The van der Waals surface area contributed by atoms with Crippen molar-refractivity contribution in [3.05, 3.63) is 23.8 Å². The molecular weight excluding hydrogens is 270 g/mol. The zero-order chi connectivity index (χ0) is 15.2. The molecule has 1 N–H and O–H groups in total. The molecule has 0 unspecified atom stereocenters. The van der Waals surface area contributed by atoms with Gasteiger partial charge in [0.2, 0.25) is 0 Å². The van der Waals surface area contributed by atoms with E-state index in [1.165, 1.54) is 12.8 Å². The average molecular weight is 293 g/mol. The normalized spacial score (nSPS) is 15.4. The lowest BCUT2D eigenvalue weighted by Crippen LogP contribution is -2.37. The summed E-state index contributed by atoms with van der Waals surface area (Å²) in [5.74, 6) is 0.675. The first kappa shape index (κ1) is 15.6. The average Bonchev–Trinajstić information content (AvgIpc) is 2.99. The smallest absolute Gasteiger partial charge is 0.317 e. The summed E-state index contributed by atoms with van der Waals surface area (Å²) in [6.07, 6.45) is 4.52. The predicted molar refractivity (Wildman–Crippen MR) is 79.8 cm³/mol. The molecular formula is C16H23NO4. The van der Waals surface area contributed by atoms with Crippen LogP contribution in [-0.4, -0.2) is 42.8 Å². The van der Waals surface area contributed by atoms with E-state index in [0.717, 1.165) is 29.9 Å². The first-order chi connectivity index (χ1) is 10.1. The number of carbonyl (C=O) groups is 1. The Hall–Kier alpha value is -1.75. The van der Waals surface area contributed by atoms with Gasteiger partial charge in [-0.2, -0.15) is 0 Å². The molecule has 0 aliphatic heterocycles. The molecule has 1 saturated carbocycles. The highest BCUT2D eigenvalue weighted by atomic mass is 16.5. The number of nitrogens with zero attached hydrogens (tertiary/aromatic N) is 1. The number of hydrogen-bond donors (Lipinski definition) is 1. The van der Waals surface area contributed by atoms with Gasteiger partial charge in [0, 0.05) is 18.7 Å². The molecule has 1 aromatic carbocycles. The summed E-state index contributed by atoms with van der Waals surface area (Å²) in [6, 6.07) is 6.05. The minimum Gasteiger partial charge on any atom is -0.497 e. The van der Waals surface area contributed by atoms with E-state index in [2.05, 4.69) is 0 Å². The highest BCUT2D eigenvalue weighted by molar-refractivity contribution is 5.69. The van der Waals surface area contributed by atoms with Gasteiger partial charge in [-0.05, 0) is 30.5 Å². The lowest BCUT2D eigenvalue weighted by Gasteiger charge is -2.27. The highest BCUT2D eigenvalue weighted by Gasteiger charge is 2.24. The lowest BCUT2D eigenvalue weighted by atomic mass is 10.1. The molecule has 1 fully saturated rings. The number of aliphatic carboxylic acids is 1. The van der Waals surface area contributed by atoms with Gasteiger partial charge >= 0.3 is 5.97 Å². The van der Waals surface area contributed by atoms with Gasteiger partial charge in [0.05, 0.1) is 20.8 Å². The van der Waals surface area contributed by atoms with Crippen molar-refractivity contribution in [3.8, 4) is 11.5 Å². The number of carboxylic acid groups (broad SMARTS) is 1. The molecule has 0 radical (unpaired) electrons. The Labute approximate surface area is 125 Å². The van der Waals surface area contributed by atoms with E-state index < -0.39 is 5.97 Å². The molecule has 116 valence electrons. The highest BCUT2D eigenvalue weighted by Crippen LogP contribution is 2.27. The van der Waals surface area contributed by atoms with Crippen molar-refractivity contribution in [1.29, 1.82) is 0 Å². The van der Waals surface area contributed by atoms with Crippen LogP contribution in [0.3, 0.4) is 0 Å². The van der Waals surface area contributed by atoms with Gasteiger partial charge in [0.25, 0.3) is 0 Å². The van der Waals surface area contributed by atoms with Crippen molar-refractivity contribution in [3.63, 3.8) is 0 Å². The molecule has 5 nitrogen and oxygen atoms in total. The summed E-state index contributed by atoms with van der Waals surface area (Å²) in [7, 11) is 3.23. The van der Waals surface area contributed by atoms with Crippen LogP contribution in [0.25, 0.3) is 0 Å². The molecule has 0 atom stereocenters. The number of carboxylic acids is 1. The first-order valence-electron chi connectivity index (χ1n) is 7.30. The van der Waals surface area contributed by atoms with E-state index in [0.29, 0.717) is 12.6 Å². The van der Waals surface area contributed by atoms with Crippen LogP contribution in [0.5, 0.6) is 11.5 Å². The maximum absolute atomic E-state index is 11.1. The molecule has 1 aliphatic rings. The van der Waals surface area contributed by atoms with E-state index in [1.807, 2.05) is 23.1 Å². The minimum atomic E-state index is -0.781. The SMILES string of the molecule is COc1cc(CN(CC(=O)O)C2CCCC2)cc(OC)c1. The van der Waals surface area contributed by atoms with Crippen LogP contribution in [0.1, 0.15) is 31.2 Å². The van der Waals surface area contributed by atoms with E-state index in [1.54, 1.807) is 14.2 Å². The monoisotopic (exact) mass is 293 g/mol.